The minimum Gasteiger partial charge on any atom is -1.00 e. The van der Waals surface area contributed by atoms with Gasteiger partial charge < -0.3 is 21.5 Å². The summed E-state index contributed by atoms with van der Waals surface area (Å²) in [5.74, 6) is 0. The largest absolute Gasteiger partial charge is 1.00 e. The first kappa shape index (κ1) is 9.53. The van der Waals surface area contributed by atoms with Crippen molar-refractivity contribution in [3.05, 3.63) is 0 Å². The number of quaternary nitrogens is 1. The van der Waals surface area contributed by atoms with E-state index in [1.54, 1.807) is 0 Å². The molecule has 2 atom stereocenters. The van der Waals surface area contributed by atoms with Gasteiger partial charge >= 0.3 is 0 Å². The smallest absolute Gasteiger partial charge is 0.0890 e. The third-order valence-corrected chi connectivity index (χ3v) is 3.54. The van der Waals surface area contributed by atoms with Gasteiger partial charge in [0.2, 0.25) is 0 Å². The third-order valence-electron chi connectivity index (χ3n) is 3.54. The van der Waals surface area contributed by atoms with Crippen LogP contribution in [0, 0.1) is 0 Å². The van der Waals surface area contributed by atoms with Crippen LogP contribution in [-0.4, -0.2) is 30.7 Å². The lowest BCUT2D eigenvalue weighted by Gasteiger charge is -2.39. The molecule has 1 nitrogen and oxygen atoms in total. The maximum atomic E-state index is 2.46. The first-order valence-electron chi connectivity index (χ1n) is 4.65. The van der Waals surface area contributed by atoms with E-state index in [0.29, 0.717) is 0 Å². The van der Waals surface area contributed by atoms with E-state index in [9.17, 15) is 0 Å². The van der Waals surface area contributed by atoms with Crippen molar-refractivity contribution in [3.63, 3.8) is 0 Å². The molecule has 2 heterocycles. The van der Waals surface area contributed by atoms with Crippen molar-refractivity contribution in [2.24, 2.45) is 0 Å². The number of piperidine rings is 1. The molecular formula is C9H18BrN. The summed E-state index contributed by atoms with van der Waals surface area (Å²) in [7, 11) is 2.46. The second-order valence-corrected chi connectivity index (χ2v) is 4.22. The van der Waals surface area contributed by atoms with Gasteiger partial charge in [0, 0.05) is 12.8 Å². The molecule has 0 saturated carbocycles. The highest BCUT2D eigenvalue weighted by Crippen LogP contribution is 2.32. The molecule has 2 saturated heterocycles. The van der Waals surface area contributed by atoms with Crippen LogP contribution in [-0.2, 0) is 0 Å². The summed E-state index contributed by atoms with van der Waals surface area (Å²) in [6, 6.07) is 1.05. The Morgan fingerprint density at radius 1 is 1.00 bits per heavy atom. The molecule has 2 aliphatic rings. The highest BCUT2D eigenvalue weighted by molar-refractivity contribution is 4.70. The third kappa shape index (κ3) is 1.62. The van der Waals surface area contributed by atoms with Gasteiger partial charge in [0.15, 0.2) is 0 Å². The van der Waals surface area contributed by atoms with Crippen LogP contribution in [0.25, 0.3) is 0 Å². The zero-order chi connectivity index (χ0) is 7.03. The molecule has 2 fully saturated rings. The van der Waals surface area contributed by atoms with Gasteiger partial charge in [-0.3, -0.25) is 0 Å². The summed E-state index contributed by atoms with van der Waals surface area (Å²) < 4.78 is 1.42. The fraction of sp³-hybridized carbons (Fsp3) is 1.00. The van der Waals surface area contributed by atoms with E-state index >= 15 is 0 Å². The van der Waals surface area contributed by atoms with Crippen molar-refractivity contribution in [2.75, 3.05) is 20.1 Å². The van der Waals surface area contributed by atoms with E-state index in [1.165, 1.54) is 49.7 Å². The lowest BCUT2D eigenvalue weighted by atomic mass is 10.0. The molecule has 2 aliphatic heterocycles. The molecule has 66 valence electrons. The van der Waals surface area contributed by atoms with Crippen LogP contribution in [0.3, 0.4) is 0 Å². The van der Waals surface area contributed by atoms with Gasteiger partial charge in [0.25, 0.3) is 0 Å². The highest BCUT2D eigenvalue weighted by atomic mass is 79.9. The Hall–Kier alpha value is 0.440. The fourth-order valence-corrected chi connectivity index (χ4v) is 2.79. The molecule has 0 spiro atoms. The zero-order valence-electron chi connectivity index (χ0n) is 7.35. The molecule has 0 aromatic heterocycles. The second-order valence-electron chi connectivity index (χ2n) is 4.22. The predicted octanol–water partition coefficient (Wildman–Crippen LogP) is -1.22. The second kappa shape index (κ2) is 3.44. The Morgan fingerprint density at radius 3 is 2.36 bits per heavy atom. The van der Waals surface area contributed by atoms with Gasteiger partial charge in [-0.1, -0.05) is 0 Å². The molecule has 0 radical (unpaired) electrons. The first-order valence-corrected chi connectivity index (χ1v) is 4.65. The van der Waals surface area contributed by atoms with Crippen LogP contribution in [0.1, 0.15) is 32.1 Å². The van der Waals surface area contributed by atoms with Gasteiger partial charge in [-0.2, -0.15) is 0 Å². The Kier molecular flexibility index (Phi) is 2.98. The zero-order valence-corrected chi connectivity index (χ0v) is 8.94. The normalized spacial score (nSPS) is 42.8. The number of nitrogens with zero attached hydrogens (tertiary/aromatic N) is 1. The minimum atomic E-state index is 0. The van der Waals surface area contributed by atoms with Gasteiger partial charge in [-0.05, 0) is 19.3 Å². The van der Waals surface area contributed by atoms with Crippen LogP contribution in [0.4, 0.5) is 0 Å². The van der Waals surface area contributed by atoms with Gasteiger partial charge in [0.1, 0.15) is 0 Å². The number of rotatable bonds is 0. The molecular weight excluding hydrogens is 202 g/mol. The van der Waals surface area contributed by atoms with E-state index < -0.39 is 0 Å². The number of fused-ring (bicyclic) bond motifs is 1. The van der Waals surface area contributed by atoms with Crippen LogP contribution in [0.2, 0.25) is 0 Å². The summed E-state index contributed by atoms with van der Waals surface area (Å²) in [6.07, 6.45) is 7.49. The first-order chi connectivity index (χ1) is 4.81. The molecule has 11 heavy (non-hydrogen) atoms. The molecule has 0 amide bonds. The van der Waals surface area contributed by atoms with E-state index in [2.05, 4.69) is 7.05 Å². The van der Waals surface area contributed by atoms with Crippen molar-refractivity contribution in [1.29, 1.82) is 0 Å². The maximum Gasteiger partial charge on any atom is 0.0890 e. The number of halogens is 1. The van der Waals surface area contributed by atoms with Crippen molar-refractivity contribution in [1.82, 2.24) is 0 Å². The predicted molar refractivity (Wildman–Crippen MR) is 42.8 cm³/mol. The van der Waals surface area contributed by atoms with Crippen molar-refractivity contribution >= 4 is 0 Å². The van der Waals surface area contributed by atoms with E-state index in [1.807, 2.05) is 0 Å². The van der Waals surface area contributed by atoms with Crippen molar-refractivity contribution in [2.45, 2.75) is 38.1 Å². The quantitative estimate of drug-likeness (QED) is 0.449. The minimum absolute atomic E-state index is 0. The Bertz CT molecular complexity index is 138. The van der Waals surface area contributed by atoms with Crippen molar-refractivity contribution in [3.8, 4) is 0 Å². The van der Waals surface area contributed by atoms with Crippen LogP contribution >= 0.6 is 0 Å². The maximum absolute atomic E-state index is 2.46. The summed E-state index contributed by atoms with van der Waals surface area (Å²) in [4.78, 5) is 0. The Morgan fingerprint density at radius 2 is 1.64 bits per heavy atom. The van der Waals surface area contributed by atoms with Crippen LogP contribution < -0.4 is 17.0 Å². The lowest BCUT2D eigenvalue weighted by Crippen LogP contribution is -3.00. The van der Waals surface area contributed by atoms with Crippen LogP contribution in [0.5, 0.6) is 0 Å². The molecule has 0 aromatic carbocycles. The lowest BCUT2D eigenvalue weighted by molar-refractivity contribution is -0.925. The molecule has 0 bridgehead atoms. The summed E-state index contributed by atoms with van der Waals surface area (Å²) in [6.45, 7) is 2.93. The van der Waals surface area contributed by atoms with Crippen molar-refractivity contribution < 1.29 is 21.5 Å². The average molecular weight is 220 g/mol. The molecule has 2 heteroatoms. The van der Waals surface area contributed by atoms with E-state index in [4.69, 9.17) is 0 Å². The van der Waals surface area contributed by atoms with Gasteiger partial charge in [-0.15, -0.1) is 0 Å². The molecule has 0 aliphatic carbocycles. The molecule has 2 unspecified atom stereocenters. The Labute approximate surface area is 80.1 Å². The summed E-state index contributed by atoms with van der Waals surface area (Å²) in [5.41, 5.74) is 0. The monoisotopic (exact) mass is 219 g/mol. The van der Waals surface area contributed by atoms with Crippen LogP contribution in [0.15, 0.2) is 0 Å². The topological polar surface area (TPSA) is 0 Å². The van der Waals surface area contributed by atoms with Gasteiger partial charge in [-0.25, -0.2) is 0 Å². The van der Waals surface area contributed by atoms with E-state index in [-0.39, 0.29) is 17.0 Å². The molecule has 2 rings (SSSR count). The number of hydrogen-bond donors (Lipinski definition) is 0. The summed E-state index contributed by atoms with van der Waals surface area (Å²) in [5, 5.41) is 0. The SMILES string of the molecule is C[N+]12CCCCC1CCC2.[Br-]. The standard InChI is InChI=1S/C9H18N.BrH/c1-10-7-3-2-5-9(10)6-4-8-10;/h9H,2-8H2,1H3;1H/q+1;/p-1. The number of hydrogen-bond acceptors (Lipinski definition) is 0. The molecule has 0 aromatic rings. The van der Waals surface area contributed by atoms with E-state index in [0.717, 1.165) is 6.04 Å². The highest BCUT2D eigenvalue weighted by Gasteiger charge is 2.39. The molecule has 0 N–H and O–H groups in total. The summed E-state index contributed by atoms with van der Waals surface area (Å²) >= 11 is 0. The Balaban J connectivity index is 0.000000605. The average Bonchev–Trinajstić information content (AvgIpc) is 2.29. The van der Waals surface area contributed by atoms with Gasteiger partial charge in [0.05, 0.1) is 26.2 Å². The fourth-order valence-electron chi connectivity index (χ4n) is 2.79.